The molecule has 1 atom stereocenters. The summed E-state index contributed by atoms with van der Waals surface area (Å²) in [6, 6.07) is 12.4. The highest BCUT2D eigenvalue weighted by atomic mass is 35.5. The van der Waals surface area contributed by atoms with Gasteiger partial charge in [-0.3, -0.25) is 4.79 Å². The summed E-state index contributed by atoms with van der Waals surface area (Å²) < 4.78 is 0. The van der Waals surface area contributed by atoms with Gasteiger partial charge < -0.3 is 21.1 Å². The van der Waals surface area contributed by atoms with Crippen LogP contribution in [0.5, 0.6) is 5.75 Å². The molecule has 0 aliphatic carbocycles. The van der Waals surface area contributed by atoms with E-state index < -0.39 is 5.91 Å². The van der Waals surface area contributed by atoms with Crippen molar-refractivity contribution in [2.45, 2.75) is 6.04 Å². The average Bonchev–Trinajstić information content (AvgIpc) is 3.05. The largest absolute Gasteiger partial charge is 0.506 e. The second-order valence-corrected chi connectivity index (χ2v) is 7.00. The lowest BCUT2D eigenvalue weighted by Crippen LogP contribution is -2.15. The van der Waals surface area contributed by atoms with Crippen LogP contribution in [0.4, 0.5) is 5.69 Å². The van der Waals surface area contributed by atoms with Crippen molar-refractivity contribution in [2.24, 2.45) is 5.73 Å². The number of primary amides is 1. The second-order valence-electron chi connectivity index (χ2n) is 6.59. The number of phenolic OH excluding ortho intramolecular Hbond substituents is 1. The van der Waals surface area contributed by atoms with Gasteiger partial charge in [0.25, 0.3) is 5.91 Å². The quantitative estimate of drug-likeness (QED) is 0.416. The molecule has 28 heavy (non-hydrogen) atoms. The van der Waals surface area contributed by atoms with Gasteiger partial charge in [0.15, 0.2) is 11.3 Å². The van der Waals surface area contributed by atoms with E-state index in [-0.39, 0.29) is 22.5 Å². The number of halogens is 1. The van der Waals surface area contributed by atoms with Crippen molar-refractivity contribution in [3.8, 4) is 16.9 Å². The topological polar surface area (TPSA) is 117 Å². The Morgan fingerprint density at radius 3 is 2.79 bits per heavy atom. The number of aromatic amines is 1. The zero-order valence-electron chi connectivity index (χ0n) is 14.4. The first kappa shape index (κ1) is 16.6. The number of aromatic hydroxyl groups is 1. The van der Waals surface area contributed by atoms with Crippen molar-refractivity contribution in [1.82, 2.24) is 15.2 Å². The molecule has 1 aliphatic rings. The SMILES string of the molecule is NC(=O)c1nnc2[nH]cc3c2c1-c1ccccc1NC3c1ccc(O)c(Cl)c1. The monoisotopic (exact) mass is 391 g/mol. The van der Waals surface area contributed by atoms with Crippen LogP contribution < -0.4 is 11.1 Å². The number of rotatable bonds is 2. The summed E-state index contributed by atoms with van der Waals surface area (Å²) in [6.07, 6.45) is 1.83. The van der Waals surface area contributed by atoms with E-state index in [1.807, 2.05) is 30.5 Å². The van der Waals surface area contributed by atoms with Crippen molar-refractivity contribution in [2.75, 3.05) is 5.32 Å². The van der Waals surface area contributed by atoms with Crippen LogP contribution in [0.3, 0.4) is 0 Å². The fraction of sp³-hybridized carbons (Fsp3) is 0.0500. The smallest absolute Gasteiger partial charge is 0.269 e. The summed E-state index contributed by atoms with van der Waals surface area (Å²) in [7, 11) is 0. The Balaban J connectivity index is 1.88. The molecule has 1 aliphatic heterocycles. The first-order valence-corrected chi connectivity index (χ1v) is 8.94. The lowest BCUT2D eigenvalue weighted by atomic mass is 9.95. The zero-order chi connectivity index (χ0) is 19.4. The molecule has 4 aromatic rings. The molecule has 0 saturated carbocycles. The number of hydrogen-bond donors (Lipinski definition) is 4. The van der Waals surface area contributed by atoms with Crippen LogP contribution in [0.2, 0.25) is 5.02 Å². The zero-order valence-corrected chi connectivity index (χ0v) is 15.2. The van der Waals surface area contributed by atoms with Crippen LogP contribution in [0.15, 0.2) is 48.7 Å². The number of benzene rings is 2. The second kappa shape index (κ2) is 5.97. The van der Waals surface area contributed by atoms with E-state index in [0.717, 1.165) is 27.8 Å². The molecule has 1 unspecified atom stereocenters. The third-order valence-electron chi connectivity index (χ3n) is 4.97. The van der Waals surface area contributed by atoms with Gasteiger partial charge in [-0.2, -0.15) is 0 Å². The molecule has 1 amide bonds. The predicted molar refractivity (Wildman–Crippen MR) is 106 cm³/mol. The van der Waals surface area contributed by atoms with E-state index in [2.05, 4.69) is 20.5 Å². The van der Waals surface area contributed by atoms with Gasteiger partial charge in [0.2, 0.25) is 0 Å². The molecule has 8 heteroatoms. The van der Waals surface area contributed by atoms with Gasteiger partial charge in [0.1, 0.15) is 5.75 Å². The summed E-state index contributed by atoms with van der Waals surface area (Å²) in [5.74, 6) is -0.626. The Labute approximate surface area is 164 Å². The number of aromatic nitrogens is 3. The minimum Gasteiger partial charge on any atom is -0.506 e. The summed E-state index contributed by atoms with van der Waals surface area (Å²) >= 11 is 6.15. The van der Waals surface area contributed by atoms with Gasteiger partial charge in [-0.05, 0) is 23.8 Å². The number of hydrogen-bond acceptors (Lipinski definition) is 5. The number of fused-ring (bicyclic) bond motifs is 2. The predicted octanol–water partition coefficient (Wildman–Crippen LogP) is 3.60. The minimum atomic E-state index is -0.641. The number of H-pyrrole nitrogens is 1. The van der Waals surface area contributed by atoms with E-state index in [9.17, 15) is 9.90 Å². The Hall–Kier alpha value is -3.58. The number of nitrogens with two attached hydrogens (primary N) is 1. The third kappa shape index (κ3) is 2.33. The molecule has 138 valence electrons. The molecule has 5 rings (SSSR count). The molecule has 0 spiro atoms. The van der Waals surface area contributed by atoms with Crippen molar-refractivity contribution in [3.63, 3.8) is 0 Å². The number of amides is 1. The standard InChI is InChI=1S/C20H14ClN5O2/c21-12-7-9(5-6-14(12)27)17-11-8-23-20-16(11)15(18(19(22)28)25-26-20)10-3-1-2-4-13(10)24-17/h1-8,17,24,27H,(H2,22,28)(H,23,26). The molecule has 2 aromatic heterocycles. The Morgan fingerprint density at radius 2 is 2.00 bits per heavy atom. The molecule has 5 N–H and O–H groups in total. The first-order chi connectivity index (χ1) is 13.5. The van der Waals surface area contributed by atoms with Crippen LogP contribution in [0.25, 0.3) is 22.2 Å². The fourth-order valence-electron chi connectivity index (χ4n) is 3.73. The maximum Gasteiger partial charge on any atom is 0.269 e. The van der Waals surface area contributed by atoms with Crippen LogP contribution in [0.1, 0.15) is 27.7 Å². The maximum absolute atomic E-state index is 12.1. The normalized spacial score (nSPS) is 15.0. The van der Waals surface area contributed by atoms with Crippen LogP contribution in [0, 0.1) is 0 Å². The fourth-order valence-corrected chi connectivity index (χ4v) is 3.91. The molecule has 3 heterocycles. The van der Waals surface area contributed by atoms with Crippen molar-refractivity contribution >= 4 is 34.2 Å². The van der Waals surface area contributed by atoms with Crippen LogP contribution in [-0.4, -0.2) is 26.2 Å². The van der Waals surface area contributed by atoms with Gasteiger partial charge in [0, 0.05) is 34.0 Å². The highest BCUT2D eigenvalue weighted by molar-refractivity contribution is 6.32. The minimum absolute atomic E-state index is 0.0148. The van der Waals surface area contributed by atoms with Gasteiger partial charge in [-0.15, -0.1) is 10.2 Å². The van der Waals surface area contributed by atoms with E-state index in [1.54, 1.807) is 18.2 Å². The highest BCUT2D eigenvalue weighted by Crippen LogP contribution is 2.45. The van der Waals surface area contributed by atoms with Gasteiger partial charge in [-0.1, -0.05) is 35.9 Å². The third-order valence-corrected chi connectivity index (χ3v) is 5.28. The summed E-state index contributed by atoms with van der Waals surface area (Å²) in [5.41, 5.74) is 10.3. The van der Waals surface area contributed by atoms with Crippen LogP contribution >= 0.6 is 11.6 Å². The van der Waals surface area contributed by atoms with Crippen molar-refractivity contribution in [3.05, 3.63) is 70.5 Å². The molecule has 0 radical (unpaired) electrons. The Morgan fingerprint density at radius 1 is 1.18 bits per heavy atom. The molecule has 0 saturated heterocycles. The summed E-state index contributed by atoms with van der Waals surface area (Å²) in [6.45, 7) is 0. The van der Waals surface area contributed by atoms with Crippen LogP contribution in [-0.2, 0) is 0 Å². The molecule has 7 nitrogen and oxygen atoms in total. The van der Waals surface area contributed by atoms with Gasteiger partial charge in [0.05, 0.1) is 11.1 Å². The Kier molecular flexibility index (Phi) is 3.53. The van der Waals surface area contributed by atoms with E-state index in [1.165, 1.54) is 0 Å². The highest BCUT2D eigenvalue weighted by Gasteiger charge is 2.30. The summed E-state index contributed by atoms with van der Waals surface area (Å²) in [4.78, 5) is 15.2. The van der Waals surface area contributed by atoms with Crippen molar-refractivity contribution in [1.29, 1.82) is 0 Å². The molecular weight excluding hydrogens is 378 g/mol. The number of para-hydroxylation sites is 1. The lowest BCUT2D eigenvalue weighted by Gasteiger charge is -2.20. The Bertz CT molecular complexity index is 1270. The molecule has 0 fully saturated rings. The number of anilines is 1. The average molecular weight is 392 g/mol. The van der Waals surface area contributed by atoms with E-state index >= 15 is 0 Å². The number of carbonyl (C=O) groups is 1. The maximum atomic E-state index is 12.1. The number of carbonyl (C=O) groups excluding carboxylic acids is 1. The van der Waals surface area contributed by atoms with Gasteiger partial charge in [-0.25, -0.2) is 0 Å². The lowest BCUT2D eigenvalue weighted by molar-refractivity contribution is 0.0995. The molecular formula is C20H14ClN5O2. The van der Waals surface area contributed by atoms with Gasteiger partial charge >= 0.3 is 0 Å². The number of nitrogens with zero attached hydrogens (tertiary/aromatic N) is 2. The number of phenols is 1. The first-order valence-electron chi connectivity index (χ1n) is 8.56. The summed E-state index contributed by atoms with van der Waals surface area (Å²) in [5, 5.41) is 22.5. The molecule has 0 bridgehead atoms. The van der Waals surface area contributed by atoms with Crippen molar-refractivity contribution < 1.29 is 9.90 Å². The molecule has 2 aromatic carbocycles. The van der Waals surface area contributed by atoms with E-state index in [4.69, 9.17) is 17.3 Å². The number of nitrogens with one attached hydrogen (secondary N) is 2. The van der Waals surface area contributed by atoms with E-state index in [0.29, 0.717) is 11.2 Å².